The minimum Gasteiger partial charge on any atom is -0.484 e. The van der Waals surface area contributed by atoms with E-state index in [1.165, 1.54) is 0 Å². The van der Waals surface area contributed by atoms with E-state index in [1.807, 2.05) is 6.92 Å². The van der Waals surface area contributed by atoms with Crippen molar-refractivity contribution >= 4 is 11.6 Å². The number of rotatable bonds is 5. The summed E-state index contributed by atoms with van der Waals surface area (Å²) in [6, 6.07) is 6.89. The first-order valence-electron chi connectivity index (χ1n) is 5.37. The van der Waals surface area contributed by atoms with Crippen molar-refractivity contribution in [3.63, 3.8) is 0 Å². The molecule has 0 radical (unpaired) electrons. The van der Waals surface area contributed by atoms with Gasteiger partial charge in [0.25, 0.3) is 5.91 Å². The molecule has 0 atom stereocenters. The van der Waals surface area contributed by atoms with E-state index in [1.54, 1.807) is 29.2 Å². The number of nitrogen functional groups attached to an aromatic ring is 1. The molecule has 0 fully saturated rings. The summed E-state index contributed by atoms with van der Waals surface area (Å²) in [6.07, 6.45) is 5.17. The maximum absolute atomic E-state index is 11.7. The highest BCUT2D eigenvalue weighted by molar-refractivity contribution is 5.78. The Balaban J connectivity index is 2.47. The van der Waals surface area contributed by atoms with E-state index in [0.717, 1.165) is 0 Å². The number of nitrogens with two attached hydrogens (primary N) is 1. The summed E-state index contributed by atoms with van der Waals surface area (Å²) in [7, 11) is 0. The van der Waals surface area contributed by atoms with Crippen molar-refractivity contribution in [2.75, 3.05) is 25.4 Å². The second-order valence-electron chi connectivity index (χ2n) is 3.47. The molecule has 1 rings (SSSR count). The summed E-state index contributed by atoms with van der Waals surface area (Å²) in [6.45, 7) is 2.74. The molecule has 0 unspecified atom stereocenters. The third-order valence-electron chi connectivity index (χ3n) is 2.26. The summed E-state index contributed by atoms with van der Waals surface area (Å²) in [4.78, 5) is 13.2. The Hall–Kier alpha value is -2.15. The highest BCUT2D eigenvalue weighted by Gasteiger charge is 2.10. The zero-order chi connectivity index (χ0) is 12.7. The van der Waals surface area contributed by atoms with Crippen LogP contribution in [0, 0.1) is 12.3 Å². The molecular weight excluding hydrogens is 216 g/mol. The van der Waals surface area contributed by atoms with Gasteiger partial charge in [-0.15, -0.1) is 6.42 Å². The summed E-state index contributed by atoms with van der Waals surface area (Å²) < 4.78 is 5.34. The lowest BCUT2D eigenvalue weighted by molar-refractivity contribution is -0.132. The van der Waals surface area contributed by atoms with Gasteiger partial charge in [-0.2, -0.15) is 0 Å². The zero-order valence-corrected chi connectivity index (χ0v) is 9.85. The van der Waals surface area contributed by atoms with Crippen LogP contribution in [0.5, 0.6) is 5.75 Å². The number of carbonyl (C=O) groups excluding carboxylic acids is 1. The third-order valence-corrected chi connectivity index (χ3v) is 2.26. The Morgan fingerprint density at radius 1 is 1.47 bits per heavy atom. The monoisotopic (exact) mass is 232 g/mol. The Morgan fingerprint density at radius 2 is 2.12 bits per heavy atom. The van der Waals surface area contributed by atoms with Crippen LogP contribution in [0.3, 0.4) is 0 Å². The van der Waals surface area contributed by atoms with Crippen LogP contribution in [-0.2, 0) is 4.79 Å². The number of hydrogen-bond donors (Lipinski definition) is 1. The van der Waals surface area contributed by atoms with Crippen molar-refractivity contribution in [2.45, 2.75) is 6.92 Å². The van der Waals surface area contributed by atoms with Gasteiger partial charge in [0.1, 0.15) is 5.75 Å². The fraction of sp³-hybridized carbons (Fsp3) is 0.308. The smallest absolute Gasteiger partial charge is 0.261 e. The standard InChI is InChI=1S/C13H16N2O2/c1-3-9-15(4-2)13(16)10-17-12-7-5-11(14)6-8-12/h1,5-8H,4,9-10,14H2,2H3. The number of likely N-dealkylation sites (N-methyl/N-ethyl adjacent to an activating group) is 1. The van der Waals surface area contributed by atoms with Gasteiger partial charge in [0.2, 0.25) is 0 Å². The van der Waals surface area contributed by atoms with E-state index >= 15 is 0 Å². The lowest BCUT2D eigenvalue weighted by Crippen LogP contribution is -2.35. The Kier molecular flexibility index (Phi) is 4.89. The molecule has 4 heteroatoms. The van der Waals surface area contributed by atoms with Crippen molar-refractivity contribution < 1.29 is 9.53 Å². The van der Waals surface area contributed by atoms with Gasteiger partial charge in [-0.3, -0.25) is 4.79 Å². The molecule has 0 spiro atoms. The molecule has 0 aliphatic rings. The van der Waals surface area contributed by atoms with Crippen LogP contribution in [0.25, 0.3) is 0 Å². The highest BCUT2D eigenvalue weighted by atomic mass is 16.5. The molecule has 0 bridgehead atoms. The fourth-order valence-electron chi connectivity index (χ4n) is 1.29. The maximum atomic E-state index is 11.7. The second kappa shape index (κ2) is 6.44. The molecule has 17 heavy (non-hydrogen) atoms. The van der Waals surface area contributed by atoms with Crippen LogP contribution in [0.2, 0.25) is 0 Å². The predicted molar refractivity (Wildman–Crippen MR) is 67.4 cm³/mol. The van der Waals surface area contributed by atoms with Crippen molar-refractivity contribution in [3.05, 3.63) is 24.3 Å². The number of terminal acetylenes is 1. The van der Waals surface area contributed by atoms with Gasteiger partial charge in [-0.25, -0.2) is 0 Å². The predicted octanol–water partition coefficient (Wildman–Crippen LogP) is 1.13. The SMILES string of the molecule is C#CCN(CC)C(=O)COc1ccc(N)cc1. The molecule has 0 heterocycles. The molecule has 4 nitrogen and oxygen atoms in total. The number of nitrogens with zero attached hydrogens (tertiary/aromatic N) is 1. The van der Waals surface area contributed by atoms with Crippen molar-refractivity contribution in [2.24, 2.45) is 0 Å². The number of anilines is 1. The number of ether oxygens (including phenoxy) is 1. The number of hydrogen-bond acceptors (Lipinski definition) is 3. The molecular formula is C13H16N2O2. The van der Waals surface area contributed by atoms with Crippen molar-refractivity contribution in [1.29, 1.82) is 0 Å². The van der Waals surface area contributed by atoms with Gasteiger partial charge in [0.15, 0.2) is 6.61 Å². The molecule has 0 aliphatic heterocycles. The summed E-state index contributed by atoms with van der Waals surface area (Å²) in [5.74, 6) is 2.93. The normalized spacial score (nSPS) is 9.41. The summed E-state index contributed by atoms with van der Waals surface area (Å²) in [5, 5.41) is 0. The van der Waals surface area contributed by atoms with Crippen molar-refractivity contribution in [1.82, 2.24) is 4.90 Å². The van der Waals surface area contributed by atoms with Gasteiger partial charge >= 0.3 is 0 Å². The lowest BCUT2D eigenvalue weighted by Gasteiger charge is -2.18. The Morgan fingerprint density at radius 3 is 2.65 bits per heavy atom. The molecule has 2 N–H and O–H groups in total. The van der Waals surface area contributed by atoms with Crippen LogP contribution >= 0.6 is 0 Å². The highest BCUT2D eigenvalue weighted by Crippen LogP contribution is 2.12. The van der Waals surface area contributed by atoms with Gasteiger partial charge in [0.05, 0.1) is 6.54 Å². The molecule has 0 aromatic heterocycles. The van der Waals surface area contributed by atoms with Crippen LogP contribution in [0.4, 0.5) is 5.69 Å². The topological polar surface area (TPSA) is 55.6 Å². The molecule has 0 saturated carbocycles. The first kappa shape index (κ1) is 12.9. The van der Waals surface area contributed by atoms with E-state index in [-0.39, 0.29) is 12.5 Å². The minimum atomic E-state index is -0.123. The first-order chi connectivity index (χ1) is 8.17. The van der Waals surface area contributed by atoms with Gasteiger partial charge in [0, 0.05) is 12.2 Å². The Bertz CT molecular complexity index is 406. The zero-order valence-electron chi connectivity index (χ0n) is 9.85. The number of carbonyl (C=O) groups is 1. The number of amides is 1. The van der Waals surface area contributed by atoms with E-state index in [9.17, 15) is 4.79 Å². The maximum Gasteiger partial charge on any atom is 0.261 e. The average Bonchev–Trinajstić information content (AvgIpc) is 2.35. The Labute approximate surface area is 101 Å². The first-order valence-corrected chi connectivity index (χ1v) is 5.37. The molecule has 1 amide bonds. The molecule has 90 valence electrons. The van der Waals surface area contributed by atoms with E-state index < -0.39 is 0 Å². The van der Waals surface area contributed by atoms with Gasteiger partial charge in [-0.1, -0.05) is 5.92 Å². The van der Waals surface area contributed by atoms with Gasteiger partial charge in [-0.05, 0) is 31.2 Å². The minimum absolute atomic E-state index is 0.0144. The van der Waals surface area contributed by atoms with Crippen molar-refractivity contribution in [3.8, 4) is 18.1 Å². The average molecular weight is 232 g/mol. The largest absolute Gasteiger partial charge is 0.484 e. The number of benzene rings is 1. The third kappa shape index (κ3) is 4.07. The van der Waals surface area contributed by atoms with E-state index in [0.29, 0.717) is 24.5 Å². The summed E-state index contributed by atoms with van der Waals surface area (Å²) in [5.41, 5.74) is 6.20. The van der Waals surface area contributed by atoms with E-state index in [2.05, 4.69) is 5.92 Å². The quantitative estimate of drug-likeness (QED) is 0.611. The molecule has 1 aromatic rings. The van der Waals surface area contributed by atoms with Crippen LogP contribution < -0.4 is 10.5 Å². The molecule has 1 aromatic carbocycles. The summed E-state index contributed by atoms with van der Waals surface area (Å²) >= 11 is 0. The van der Waals surface area contributed by atoms with Crippen LogP contribution in [0.15, 0.2) is 24.3 Å². The van der Waals surface area contributed by atoms with Gasteiger partial charge < -0.3 is 15.4 Å². The molecule has 0 saturated heterocycles. The molecule has 0 aliphatic carbocycles. The van der Waals surface area contributed by atoms with E-state index in [4.69, 9.17) is 16.9 Å². The lowest BCUT2D eigenvalue weighted by atomic mass is 10.3. The fourth-order valence-corrected chi connectivity index (χ4v) is 1.29. The second-order valence-corrected chi connectivity index (χ2v) is 3.47. The van der Waals surface area contributed by atoms with Crippen LogP contribution in [-0.4, -0.2) is 30.5 Å². The van der Waals surface area contributed by atoms with Crippen LogP contribution in [0.1, 0.15) is 6.92 Å².